The van der Waals surface area contributed by atoms with Gasteiger partial charge in [-0.2, -0.15) is 11.3 Å². The van der Waals surface area contributed by atoms with E-state index in [-0.39, 0.29) is 0 Å². The van der Waals surface area contributed by atoms with Gasteiger partial charge in [-0.3, -0.25) is 4.90 Å². The van der Waals surface area contributed by atoms with E-state index in [1.807, 2.05) is 6.92 Å². The van der Waals surface area contributed by atoms with Gasteiger partial charge in [0, 0.05) is 13.1 Å². The van der Waals surface area contributed by atoms with E-state index in [1.54, 1.807) is 11.3 Å². The molecule has 3 nitrogen and oxygen atoms in total. The number of thiophene rings is 1. The van der Waals surface area contributed by atoms with Gasteiger partial charge in [-0.15, -0.1) is 0 Å². The second kappa shape index (κ2) is 6.57. The van der Waals surface area contributed by atoms with Crippen LogP contribution >= 0.6 is 11.3 Å². The predicted octanol–water partition coefficient (Wildman–Crippen LogP) is 3.58. The molecule has 0 aromatic carbocycles. The Morgan fingerprint density at radius 2 is 2.15 bits per heavy atom. The lowest BCUT2D eigenvalue weighted by molar-refractivity contribution is 0.207. The van der Waals surface area contributed by atoms with Gasteiger partial charge in [-0.1, -0.05) is 0 Å². The smallest absolute Gasteiger partial charge is 0.122 e. The summed E-state index contributed by atoms with van der Waals surface area (Å²) in [6, 6.07) is 6.74. The summed E-state index contributed by atoms with van der Waals surface area (Å²) < 4.78 is 5.87. The molecule has 0 radical (unpaired) electrons. The first-order chi connectivity index (χ1) is 9.83. The molecule has 1 unspecified atom stereocenters. The van der Waals surface area contributed by atoms with Crippen molar-refractivity contribution in [2.24, 2.45) is 0 Å². The predicted molar refractivity (Wildman–Crippen MR) is 83.0 cm³/mol. The molecule has 2 aromatic rings. The van der Waals surface area contributed by atoms with E-state index in [4.69, 9.17) is 4.42 Å². The molecule has 2 aromatic heterocycles. The number of aryl methyl sites for hydroxylation is 1. The van der Waals surface area contributed by atoms with Crippen LogP contribution in [-0.2, 0) is 6.54 Å². The van der Waals surface area contributed by atoms with Crippen molar-refractivity contribution in [2.75, 3.05) is 19.6 Å². The molecular formula is C16H22N2OS. The van der Waals surface area contributed by atoms with E-state index in [9.17, 15) is 0 Å². The highest BCUT2D eigenvalue weighted by atomic mass is 32.1. The summed E-state index contributed by atoms with van der Waals surface area (Å²) in [5, 5.41) is 7.91. The molecule has 4 heteroatoms. The molecule has 0 saturated carbocycles. The summed E-state index contributed by atoms with van der Waals surface area (Å²) in [6.07, 6.45) is 2.61. The summed E-state index contributed by atoms with van der Waals surface area (Å²) in [7, 11) is 0. The van der Waals surface area contributed by atoms with Gasteiger partial charge in [-0.25, -0.2) is 0 Å². The molecule has 0 amide bonds. The Bertz CT molecular complexity index is 514. The number of hydrogen-bond acceptors (Lipinski definition) is 4. The third kappa shape index (κ3) is 3.32. The van der Waals surface area contributed by atoms with Crippen LogP contribution in [-0.4, -0.2) is 24.5 Å². The lowest BCUT2D eigenvalue weighted by Gasteiger charge is -2.26. The van der Waals surface area contributed by atoms with Crippen molar-refractivity contribution >= 4 is 11.3 Å². The number of rotatable bonds is 6. The minimum atomic E-state index is 0.366. The van der Waals surface area contributed by atoms with Gasteiger partial charge in [-0.05, 0) is 67.4 Å². The summed E-state index contributed by atoms with van der Waals surface area (Å²) in [5.41, 5.74) is 1.37. The lowest BCUT2D eigenvalue weighted by atomic mass is 10.2. The monoisotopic (exact) mass is 290 g/mol. The molecule has 108 valence electrons. The maximum atomic E-state index is 5.87. The molecule has 0 spiro atoms. The maximum absolute atomic E-state index is 5.87. The Hall–Kier alpha value is -1.10. The molecule has 3 rings (SSSR count). The highest BCUT2D eigenvalue weighted by Crippen LogP contribution is 2.26. The summed E-state index contributed by atoms with van der Waals surface area (Å²) >= 11 is 1.75. The second-order valence-electron chi connectivity index (χ2n) is 5.47. The molecule has 1 aliphatic rings. The zero-order valence-corrected chi connectivity index (χ0v) is 12.8. The van der Waals surface area contributed by atoms with Crippen molar-refractivity contribution in [2.45, 2.75) is 32.4 Å². The molecule has 1 fully saturated rings. The summed E-state index contributed by atoms with van der Waals surface area (Å²) in [5.74, 6) is 2.10. The first-order valence-corrected chi connectivity index (χ1v) is 8.29. The second-order valence-corrected chi connectivity index (χ2v) is 6.25. The van der Waals surface area contributed by atoms with Crippen molar-refractivity contribution in [3.05, 3.63) is 46.0 Å². The summed E-state index contributed by atoms with van der Waals surface area (Å²) in [6.45, 7) is 6.27. The van der Waals surface area contributed by atoms with Gasteiger partial charge < -0.3 is 9.73 Å². The van der Waals surface area contributed by atoms with E-state index < -0.39 is 0 Å². The molecular weight excluding hydrogens is 268 g/mol. The molecule has 0 bridgehead atoms. The fourth-order valence-corrected chi connectivity index (χ4v) is 3.51. The van der Waals surface area contributed by atoms with Crippen molar-refractivity contribution in [1.29, 1.82) is 0 Å². The number of hydrogen-bond donors (Lipinski definition) is 1. The first kappa shape index (κ1) is 13.9. The molecule has 1 aliphatic heterocycles. The zero-order chi connectivity index (χ0) is 13.8. The SMILES string of the molecule is Cc1ccc(C(CNCc2ccsc2)N2CCCC2)o1. The van der Waals surface area contributed by atoms with Crippen molar-refractivity contribution in [1.82, 2.24) is 10.2 Å². The van der Waals surface area contributed by atoms with Crippen LogP contribution in [0.1, 0.15) is 36.0 Å². The number of likely N-dealkylation sites (tertiary alicyclic amines) is 1. The Balaban J connectivity index is 1.62. The van der Waals surface area contributed by atoms with Gasteiger partial charge in [0.1, 0.15) is 11.5 Å². The van der Waals surface area contributed by atoms with Gasteiger partial charge in [0.15, 0.2) is 0 Å². The molecule has 1 atom stereocenters. The van der Waals surface area contributed by atoms with E-state index in [1.165, 1.54) is 31.5 Å². The Labute approximate surface area is 124 Å². The average Bonchev–Trinajstić information content (AvgIpc) is 3.17. The van der Waals surface area contributed by atoms with Crippen LogP contribution in [0.4, 0.5) is 0 Å². The third-order valence-corrected chi connectivity index (χ3v) is 4.65. The number of nitrogens with zero attached hydrogens (tertiary/aromatic N) is 1. The molecule has 3 heterocycles. The topological polar surface area (TPSA) is 28.4 Å². The fourth-order valence-electron chi connectivity index (χ4n) is 2.84. The van der Waals surface area contributed by atoms with Crippen molar-refractivity contribution in [3.63, 3.8) is 0 Å². The fraction of sp³-hybridized carbons (Fsp3) is 0.500. The van der Waals surface area contributed by atoms with Crippen LogP contribution in [0.2, 0.25) is 0 Å². The number of nitrogens with one attached hydrogen (secondary N) is 1. The largest absolute Gasteiger partial charge is 0.465 e. The highest BCUT2D eigenvalue weighted by Gasteiger charge is 2.25. The molecule has 20 heavy (non-hydrogen) atoms. The van der Waals surface area contributed by atoms with Crippen molar-refractivity contribution in [3.8, 4) is 0 Å². The van der Waals surface area contributed by atoms with Crippen LogP contribution in [0.5, 0.6) is 0 Å². The quantitative estimate of drug-likeness (QED) is 0.881. The average molecular weight is 290 g/mol. The minimum Gasteiger partial charge on any atom is -0.465 e. The first-order valence-electron chi connectivity index (χ1n) is 7.35. The maximum Gasteiger partial charge on any atom is 0.122 e. The van der Waals surface area contributed by atoms with Gasteiger partial charge in [0.25, 0.3) is 0 Å². The Morgan fingerprint density at radius 3 is 2.80 bits per heavy atom. The van der Waals surface area contributed by atoms with Crippen LogP contribution in [0.25, 0.3) is 0 Å². The highest BCUT2D eigenvalue weighted by molar-refractivity contribution is 7.07. The zero-order valence-electron chi connectivity index (χ0n) is 12.0. The molecule has 0 aliphatic carbocycles. The van der Waals surface area contributed by atoms with Crippen molar-refractivity contribution < 1.29 is 4.42 Å². The van der Waals surface area contributed by atoms with Crippen LogP contribution in [0.3, 0.4) is 0 Å². The standard InChI is InChI=1S/C16H22N2OS/c1-13-4-5-16(19-13)15(18-7-2-3-8-18)11-17-10-14-6-9-20-12-14/h4-6,9,12,15,17H,2-3,7-8,10-11H2,1H3. The lowest BCUT2D eigenvalue weighted by Crippen LogP contribution is -2.33. The van der Waals surface area contributed by atoms with Gasteiger partial charge >= 0.3 is 0 Å². The van der Waals surface area contributed by atoms with E-state index in [0.717, 1.165) is 24.6 Å². The van der Waals surface area contributed by atoms with Gasteiger partial charge in [0.2, 0.25) is 0 Å². The van der Waals surface area contributed by atoms with Gasteiger partial charge in [0.05, 0.1) is 6.04 Å². The normalized spacial score (nSPS) is 17.6. The Morgan fingerprint density at radius 1 is 1.30 bits per heavy atom. The van der Waals surface area contributed by atoms with E-state index in [2.05, 4.69) is 39.2 Å². The van der Waals surface area contributed by atoms with Crippen LogP contribution in [0, 0.1) is 6.92 Å². The summed E-state index contributed by atoms with van der Waals surface area (Å²) in [4.78, 5) is 2.54. The molecule has 1 saturated heterocycles. The Kier molecular flexibility index (Phi) is 4.55. The minimum absolute atomic E-state index is 0.366. The number of furan rings is 1. The van der Waals surface area contributed by atoms with Crippen LogP contribution in [0.15, 0.2) is 33.4 Å². The third-order valence-electron chi connectivity index (χ3n) is 3.92. The van der Waals surface area contributed by atoms with E-state index in [0.29, 0.717) is 6.04 Å². The molecule has 1 N–H and O–H groups in total. The van der Waals surface area contributed by atoms with Crippen LogP contribution < -0.4 is 5.32 Å². The van der Waals surface area contributed by atoms with E-state index >= 15 is 0 Å².